The second kappa shape index (κ2) is 8.43. The Labute approximate surface area is 171 Å². The van der Waals surface area contributed by atoms with Gasteiger partial charge >= 0.3 is 5.97 Å². The highest BCUT2D eigenvalue weighted by atomic mass is 16.4. The summed E-state index contributed by atoms with van der Waals surface area (Å²) in [4.78, 5) is 16.2. The van der Waals surface area contributed by atoms with Gasteiger partial charge in [-0.05, 0) is 29.7 Å². The first-order chi connectivity index (χ1) is 13.8. The number of aromatic carboxylic acids is 1. The van der Waals surface area contributed by atoms with Crippen molar-refractivity contribution in [2.75, 3.05) is 0 Å². The van der Waals surface area contributed by atoms with Crippen LogP contribution in [0.3, 0.4) is 0 Å². The molecule has 1 heterocycles. The highest BCUT2D eigenvalue weighted by molar-refractivity contribution is 5.95. The number of rotatable bonds is 6. The van der Waals surface area contributed by atoms with Gasteiger partial charge in [0, 0.05) is 11.8 Å². The van der Waals surface area contributed by atoms with Crippen molar-refractivity contribution in [2.45, 2.75) is 46.1 Å². The van der Waals surface area contributed by atoms with Crippen LogP contribution in [0.2, 0.25) is 0 Å². The van der Waals surface area contributed by atoms with Crippen LogP contribution in [0.1, 0.15) is 55.3 Å². The molecule has 0 spiro atoms. The van der Waals surface area contributed by atoms with Crippen LogP contribution < -0.4 is 0 Å². The Morgan fingerprint density at radius 3 is 2.41 bits per heavy atom. The average molecular weight is 389 g/mol. The Bertz CT molecular complexity index is 1030. The normalized spacial score (nSPS) is 11.9. The number of carboxylic acids is 1. The molecule has 0 radical (unpaired) electrons. The van der Waals surface area contributed by atoms with Gasteiger partial charge in [-0.25, -0.2) is 14.5 Å². The molecule has 1 aromatic heterocycles. The number of allylic oxidation sites excluding steroid dienone is 2. The Morgan fingerprint density at radius 2 is 1.79 bits per heavy atom. The van der Waals surface area contributed by atoms with Crippen LogP contribution in [-0.2, 0) is 18.4 Å². The molecule has 0 saturated heterocycles. The summed E-state index contributed by atoms with van der Waals surface area (Å²) in [5, 5.41) is 14.2. The van der Waals surface area contributed by atoms with E-state index in [0.29, 0.717) is 12.1 Å². The molecule has 1 N–H and O–H groups in total. The van der Waals surface area contributed by atoms with Gasteiger partial charge < -0.3 is 5.11 Å². The van der Waals surface area contributed by atoms with Crippen molar-refractivity contribution in [3.63, 3.8) is 0 Å². The van der Waals surface area contributed by atoms with Crippen molar-refractivity contribution >= 4 is 5.97 Å². The third-order valence-corrected chi connectivity index (χ3v) is 4.71. The lowest BCUT2D eigenvalue weighted by Gasteiger charge is -2.12. The lowest BCUT2D eigenvalue weighted by molar-refractivity contribution is 0.0697. The van der Waals surface area contributed by atoms with Crippen LogP contribution in [0.15, 0.2) is 60.7 Å². The van der Waals surface area contributed by atoms with Gasteiger partial charge in [-0.1, -0.05) is 75.4 Å². The molecule has 29 heavy (non-hydrogen) atoms. The summed E-state index contributed by atoms with van der Waals surface area (Å²) in [5.41, 5.74) is 2.89. The lowest BCUT2D eigenvalue weighted by Crippen LogP contribution is -2.14. The fourth-order valence-electron chi connectivity index (χ4n) is 3.08. The molecule has 0 amide bonds. The third kappa shape index (κ3) is 4.80. The maximum Gasteiger partial charge on any atom is 0.336 e. The number of carbonyl (C=O) groups is 1. The number of aromatic nitrogens is 3. The first-order valence-corrected chi connectivity index (χ1v) is 9.76. The van der Waals surface area contributed by atoms with E-state index in [2.05, 4.69) is 26.8 Å². The molecule has 3 rings (SSSR count). The molecule has 0 aliphatic rings. The van der Waals surface area contributed by atoms with Gasteiger partial charge in [0.05, 0.1) is 12.1 Å². The zero-order valence-electron chi connectivity index (χ0n) is 17.4. The highest BCUT2D eigenvalue weighted by Crippen LogP contribution is 2.25. The molecule has 3 aromatic rings. The van der Waals surface area contributed by atoms with Crippen LogP contribution in [0.5, 0.6) is 0 Å². The maximum atomic E-state index is 11.5. The van der Waals surface area contributed by atoms with E-state index in [1.54, 1.807) is 12.1 Å². The molecule has 0 saturated carbocycles. The van der Waals surface area contributed by atoms with Gasteiger partial charge in [0.15, 0.2) is 5.82 Å². The predicted octanol–water partition coefficient (Wildman–Crippen LogP) is 5.11. The monoisotopic (exact) mass is 389 g/mol. The summed E-state index contributed by atoms with van der Waals surface area (Å²) in [5.74, 6) is 0.855. The van der Waals surface area contributed by atoms with E-state index >= 15 is 0 Å². The van der Waals surface area contributed by atoms with Crippen molar-refractivity contribution < 1.29 is 9.90 Å². The van der Waals surface area contributed by atoms with Gasteiger partial charge in [-0.15, -0.1) is 0 Å². The van der Waals surface area contributed by atoms with Gasteiger partial charge in [0.1, 0.15) is 5.82 Å². The Hall–Kier alpha value is -3.21. The molecular weight excluding hydrogens is 362 g/mol. The second-order valence-corrected chi connectivity index (χ2v) is 8.08. The molecule has 0 bridgehead atoms. The molecule has 150 valence electrons. The zero-order chi connectivity index (χ0) is 21.0. The van der Waals surface area contributed by atoms with E-state index in [-0.39, 0.29) is 5.41 Å². The van der Waals surface area contributed by atoms with E-state index in [1.165, 1.54) is 0 Å². The Morgan fingerprint density at radius 1 is 1.10 bits per heavy atom. The molecule has 0 aliphatic carbocycles. The maximum absolute atomic E-state index is 11.5. The Balaban J connectivity index is 1.89. The van der Waals surface area contributed by atoms with Crippen molar-refractivity contribution in [1.82, 2.24) is 14.8 Å². The minimum Gasteiger partial charge on any atom is -0.478 e. The van der Waals surface area contributed by atoms with E-state index < -0.39 is 5.97 Å². The molecule has 2 aromatic carbocycles. The van der Waals surface area contributed by atoms with E-state index in [9.17, 15) is 9.90 Å². The summed E-state index contributed by atoms with van der Waals surface area (Å²) < 4.78 is 1.96. The fourth-order valence-corrected chi connectivity index (χ4v) is 3.08. The Kier molecular flexibility index (Phi) is 5.97. The summed E-state index contributed by atoms with van der Waals surface area (Å²) >= 11 is 0. The molecule has 0 fully saturated rings. The smallest absolute Gasteiger partial charge is 0.336 e. The average Bonchev–Trinajstić information content (AvgIpc) is 3.10. The number of benzene rings is 2. The standard InChI is InChI=1S/C24H27N3O2/c1-5-6-11-21-25-23(24(2,3)4)26-27(21)16-17-12-14-18(15-13-17)19-9-7-8-10-20(19)22(28)29/h5-10,12-15H,11,16H2,1-4H3,(H,28,29). The van der Waals surface area contributed by atoms with Gasteiger partial charge in [-0.2, -0.15) is 5.10 Å². The topological polar surface area (TPSA) is 68.0 Å². The van der Waals surface area contributed by atoms with Crippen LogP contribution in [0, 0.1) is 0 Å². The van der Waals surface area contributed by atoms with Gasteiger partial charge in [0.25, 0.3) is 0 Å². The van der Waals surface area contributed by atoms with Gasteiger partial charge in [0.2, 0.25) is 0 Å². The summed E-state index contributed by atoms with van der Waals surface area (Å²) in [7, 11) is 0. The van der Waals surface area contributed by atoms with Gasteiger partial charge in [-0.3, -0.25) is 0 Å². The number of hydrogen-bond donors (Lipinski definition) is 1. The van der Waals surface area contributed by atoms with E-state index in [1.807, 2.05) is 54.1 Å². The van der Waals surface area contributed by atoms with E-state index in [4.69, 9.17) is 10.1 Å². The van der Waals surface area contributed by atoms with E-state index in [0.717, 1.165) is 34.8 Å². The fraction of sp³-hybridized carbons (Fsp3) is 0.292. The molecule has 5 nitrogen and oxygen atoms in total. The van der Waals surface area contributed by atoms with Crippen molar-refractivity contribution in [3.8, 4) is 11.1 Å². The minimum absolute atomic E-state index is 0.111. The third-order valence-electron chi connectivity index (χ3n) is 4.71. The molecular formula is C24H27N3O2. The van der Waals surface area contributed by atoms with Crippen LogP contribution in [0.25, 0.3) is 11.1 Å². The molecule has 0 aliphatic heterocycles. The molecule has 0 unspecified atom stereocenters. The first-order valence-electron chi connectivity index (χ1n) is 9.76. The number of carboxylic acid groups (broad SMARTS) is 1. The minimum atomic E-state index is -0.921. The predicted molar refractivity (Wildman–Crippen MR) is 115 cm³/mol. The largest absolute Gasteiger partial charge is 0.478 e. The number of hydrogen-bond acceptors (Lipinski definition) is 3. The quantitative estimate of drug-likeness (QED) is 0.595. The van der Waals surface area contributed by atoms with Crippen molar-refractivity contribution in [1.29, 1.82) is 0 Å². The van der Waals surface area contributed by atoms with Crippen LogP contribution >= 0.6 is 0 Å². The summed E-state index contributed by atoms with van der Waals surface area (Å²) in [6, 6.07) is 15.0. The number of nitrogens with zero attached hydrogens (tertiary/aromatic N) is 3. The van der Waals surface area contributed by atoms with Crippen LogP contribution in [-0.4, -0.2) is 25.8 Å². The molecule has 0 atom stereocenters. The molecule has 5 heteroatoms. The SMILES string of the molecule is CC=CCc1nc(C(C)(C)C)nn1Cc1ccc(-c2ccccc2C(=O)O)cc1. The second-order valence-electron chi connectivity index (χ2n) is 8.08. The zero-order valence-corrected chi connectivity index (χ0v) is 17.4. The summed E-state index contributed by atoms with van der Waals surface area (Å²) in [6.07, 6.45) is 4.84. The first kappa shape index (κ1) is 20.5. The lowest BCUT2D eigenvalue weighted by atomic mass is 9.96. The summed E-state index contributed by atoms with van der Waals surface area (Å²) in [6.45, 7) is 8.96. The van der Waals surface area contributed by atoms with Crippen LogP contribution in [0.4, 0.5) is 0 Å². The van der Waals surface area contributed by atoms with Crippen molar-refractivity contribution in [2.24, 2.45) is 0 Å². The van der Waals surface area contributed by atoms with Crippen molar-refractivity contribution in [3.05, 3.63) is 83.5 Å². The highest BCUT2D eigenvalue weighted by Gasteiger charge is 2.21.